The molecular formula is C8H14N4O. The Balaban J connectivity index is 2.71. The molecule has 0 unspecified atom stereocenters. The first-order valence-electron chi connectivity index (χ1n) is 4.22. The highest BCUT2D eigenvalue weighted by atomic mass is 16.1. The van der Waals surface area contributed by atoms with E-state index in [9.17, 15) is 4.79 Å². The van der Waals surface area contributed by atoms with Crippen LogP contribution in [0.15, 0.2) is 6.20 Å². The fraction of sp³-hybridized carbons (Fsp3) is 0.500. The molecule has 1 heterocycles. The Morgan fingerprint density at radius 3 is 2.92 bits per heavy atom. The van der Waals surface area contributed by atoms with E-state index < -0.39 is 0 Å². The monoisotopic (exact) mass is 182 g/mol. The van der Waals surface area contributed by atoms with Crippen molar-refractivity contribution in [1.82, 2.24) is 15.1 Å². The van der Waals surface area contributed by atoms with Crippen LogP contribution in [0.5, 0.6) is 0 Å². The van der Waals surface area contributed by atoms with Gasteiger partial charge in [-0.3, -0.25) is 9.48 Å². The van der Waals surface area contributed by atoms with E-state index in [1.54, 1.807) is 7.05 Å². The molecule has 0 spiro atoms. The second kappa shape index (κ2) is 3.93. The number of nitrogens with zero attached hydrogens (tertiary/aromatic N) is 2. The molecule has 3 N–H and O–H groups in total. The van der Waals surface area contributed by atoms with Crippen LogP contribution in [-0.2, 0) is 7.05 Å². The molecule has 1 amide bonds. The lowest BCUT2D eigenvalue weighted by Gasteiger charge is -2.01. The Kier molecular flexibility index (Phi) is 2.89. The third-order valence-electron chi connectivity index (χ3n) is 1.76. The number of hydrogen-bond donors (Lipinski definition) is 2. The molecule has 0 aliphatic carbocycles. The molecule has 0 bridgehead atoms. The Morgan fingerprint density at radius 2 is 2.46 bits per heavy atom. The molecular weight excluding hydrogens is 168 g/mol. The molecule has 0 saturated heterocycles. The second-order valence-corrected chi connectivity index (χ2v) is 2.82. The summed E-state index contributed by atoms with van der Waals surface area (Å²) in [7, 11) is 1.70. The summed E-state index contributed by atoms with van der Waals surface area (Å²) in [5.41, 5.74) is 6.06. The number of hydrogen-bond acceptors (Lipinski definition) is 3. The van der Waals surface area contributed by atoms with Crippen LogP contribution in [0, 0.1) is 0 Å². The van der Waals surface area contributed by atoms with Crippen molar-refractivity contribution in [1.29, 1.82) is 0 Å². The van der Waals surface area contributed by atoms with Gasteiger partial charge < -0.3 is 11.1 Å². The first kappa shape index (κ1) is 9.57. The van der Waals surface area contributed by atoms with Crippen LogP contribution in [0.25, 0.3) is 0 Å². The van der Waals surface area contributed by atoms with Crippen molar-refractivity contribution < 1.29 is 4.79 Å². The molecule has 0 aliphatic heterocycles. The molecule has 0 fully saturated rings. The maximum Gasteiger partial charge on any atom is 0.256 e. The first-order chi connectivity index (χ1) is 6.16. The van der Waals surface area contributed by atoms with Gasteiger partial charge in [-0.15, -0.1) is 0 Å². The van der Waals surface area contributed by atoms with Gasteiger partial charge in [0.2, 0.25) is 0 Å². The van der Waals surface area contributed by atoms with Crippen LogP contribution in [0.1, 0.15) is 23.7 Å². The highest BCUT2D eigenvalue weighted by Gasteiger charge is 2.11. The highest BCUT2D eigenvalue weighted by Crippen LogP contribution is 2.08. The number of aryl methyl sites for hydroxylation is 1. The number of nitrogens with two attached hydrogens (primary N) is 1. The topological polar surface area (TPSA) is 72.9 Å². The largest absolute Gasteiger partial charge is 0.383 e. The van der Waals surface area contributed by atoms with Gasteiger partial charge in [0.1, 0.15) is 11.4 Å². The Hall–Kier alpha value is -1.52. The zero-order chi connectivity index (χ0) is 9.84. The van der Waals surface area contributed by atoms with Crippen LogP contribution in [0.4, 0.5) is 5.82 Å². The molecule has 1 rings (SSSR count). The van der Waals surface area contributed by atoms with Gasteiger partial charge in [0.15, 0.2) is 0 Å². The van der Waals surface area contributed by atoms with Crippen LogP contribution < -0.4 is 11.1 Å². The molecule has 0 aliphatic rings. The van der Waals surface area contributed by atoms with Gasteiger partial charge >= 0.3 is 0 Å². The van der Waals surface area contributed by atoms with Crippen LogP contribution in [0.3, 0.4) is 0 Å². The van der Waals surface area contributed by atoms with E-state index in [1.807, 2.05) is 6.92 Å². The van der Waals surface area contributed by atoms with E-state index in [-0.39, 0.29) is 5.91 Å². The maximum atomic E-state index is 11.4. The average molecular weight is 182 g/mol. The fourth-order valence-corrected chi connectivity index (χ4v) is 0.956. The number of carbonyl (C=O) groups excluding carboxylic acids is 1. The predicted octanol–water partition coefficient (Wildman–Crippen LogP) is 0.142. The Morgan fingerprint density at radius 1 is 1.77 bits per heavy atom. The standard InChI is InChI=1S/C8H14N4O/c1-3-4-10-8(13)6-5-11-12(2)7(6)9/h5H,3-4,9H2,1-2H3,(H,10,13). The van der Waals surface area contributed by atoms with Crippen LogP contribution >= 0.6 is 0 Å². The molecule has 5 heteroatoms. The van der Waals surface area contributed by atoms with Crippen molar-refractivity contribution in [3.8, 4) is 0 Å². The maximum absolute atomic E-state index is 11.4. The van der Waals surface area contributed by atoms with Gasteiger partial charge in [0.05, 0.1) is 6.20 Å². The fourth-order valence-electron chi connectivity index (χ4n) is 0.956. The first-order valence-corrected chi connectivity index (χ1v) is 4.22. The quantitative estimate of drug-likeness (QED) is 0.698. The third-order valence-corrected chi connectivity index (χ3v) is 1.76. The molecule has 1 aromatic heterocycles. The Labute approximate surface area is 76.9 Å². The smallest absolute Gasteiger partial charge is 0.256 e. The molecule has 72 valence electrons. The van der Waals surface area contributed by atoms with Gasteiger partial charge in [-0.1, -0.05) is 6.92 Å². The van der Waals surface area contributed by atoms with E-state index >= 15 is 0 Å². The third kappa shape index (κ3) is 1.99. The minimum absolute atomic E-state index is 0.160. The van der Waals surface area contributed by atoms with Crippen molar-refractivity contribution >= 4 is 11.7 Å². The zero-order valence-corrected chi connectivity index (χ0v) is 7.87. The minimum atomic E-state index is -0.160. The summed E-state index contributed by atoms with van der Waals surface area (Å²) in [6.45, 7) is 2.65. The van der Waals surface area contributed by atoms with Gasteiger partial charge in [0.25, 0.3) is 5.91 Å². The minimum Gasteiger partial charge on any atom is -0.383 e. The number of nitrogens with one attached hydrogen (secondary N) is 1. The van der Waals surface area contributed by atoms with Crippen molar-refractivity contribution in [3.63, 3.8) is 0 Å². The van der Waals surface area contributed by atoms with Crippen molar-refractivity contribution in [2.75, 3.05) is 12.3 Å². The molecule has 0 saturated carbocycles. The average Bonchev–Trinajstić information content (AvgIpc) is 2.44. The lowest BCUT2D eigenvalue weighted by atomic mass is 10.3. The summed E-state index contributed by atoms with van der Waals surface area (Å²) in [5, 5.41) is 6.61. The van der Waals surface area contributed by atoms with Crippen LogP contribution in [-0.4, -0.2) is 22.2 Å². The molecule has 0 radical (unpaired) electrons. The van der Waals surface area contributed by atoms with E-state index in [1.165, 1.54) is 10.9 Å². The number of aromatic nitrogens is 2. The summed E-state index contributed by atoms with van der Waals surface area (Å²) < 4.78 is 1.47. The van der Waals surface area contributed by atoms with E-state index in [0.717, 1.165) is 6.42 Å². The number of carbonyl (C=O) groups is 1. The second-order valence-electron chi connectivity index (χ2n) is 2.82. The number of anilines is 1. The van der Waals surface area contributed by atoms with Gasteiger partial charge in [-0.2, -0.15) is 5.10 Å². The normalized spacial score (nSPS) is 10.0. The van der Waals surface area contributed by atoms with E-state index in [0.29, 0.717) is 17.9 Å². The van der Waals surface area contributed by atoms with Gasteiger partial charge in [-0.25, -0.2) is 0 Å². The zero-order valence-electron chi connectivity index (χ0n) is 7.87. The summed E-state index contributed by atoms with van der Waals surface area (Å²) in [6, 6.07) is 0. The SMILES string of the molecule is CCCNC(=O)c1cnn(C)c1N. The summed E-state index contributed by atoms with van der Waals surface area (Å²) >= 11 is 0. The lowest BCUT2D eigenvalue weighted by molar-refractivity contribution is 0.0954. The van der Waals surface area contributed by atoms with E-state index in [4.69, 9.17) is 5.73 Å². The molecule has 1 aromatic rings. The summed E-state index contributed by atoms with van der Waals surface area (Å²) in [6.07, 6.45) is 2.38. The number of rotatable bonds is 3. The van der Waals surface area contributed by atoms with Crippen molar-refractivity contribution in [2.24, 2.45) is 7.05 Å². The number of amides is 1. The van der Waals surface area contributed by atoms with Crippen molar-refractivity contribution in [2.45, 2.75) is 13.3 Å². The van der Waals surface area contributed by atoms with Crippen LogP contribution in [0.2, 0.25) is 0 Å². The molecule has 13 heavy (non-hydrogen) atoms. The molecule has 0 aromatic carbocycles. The Bertz CT molecular complexity index is 305. The lowest BCUT2D eigenvalue weighted by Crippen LogP contribution is -2.24. The van der Waals surface area contributed by atoms with Gasteiger partial charge in [0, 0.05) is 13.6 Å². The summed E-state index contributed by atoms with van der Waals surface area (Å²) in [5.74, 6) is 0.237. The van der Waals surface area contributed by atoms with Gasteiger partial charge in [-0.05, 0) is 6.42 Å². The number of nitrogen functional groups attached to an aromatic ring is 1. The predicted molar refractivity (Wildman–Crippen MR) is 50.2 cm³/mol. The molecule has 5 nitrogen and oxygen atoms in total. The van der Waals surface area contributed by atoms with Crippen molar-refractivity contribution in [3.05, 3.63) is 11.8 Å². The molecule has 0 atom stereocenters. The summed E-state index contributed by atoms with van der Waals surface area (Å²) in [4.78, 5) is 11.4. The van der Waals surface area contributed by atoms with E-state index in [2.05, 4.69) is 10.4 Å². The highest BCUT2D eigenvalue weighted by molar-refractivity contribution is 5.98.